The number of fused-ring (bicyclic) bond motifs is 1. The van der Waals surface area contributed by atoms with Gasteiger partial charge in [0.1, 0.15) is 5.15 Å². The van der Waals surface area contributed by atoms with Crippen molar-refractivity contribution in [3.05, 3.63) is 70.4 Å². The van der Waals surface area contributed by atoms with E-state index in [-0.39, 0.29) is 6.61 Å². The Bertz CT molecular complexity index is 1000. The van der Waals surface area contributed by atoms with Gasteiger partial charge < -0.3 is 10.1 Å². The number of carbonyl (C=O) groups is 2. The fourth-order valence-electron chi connectivity index (χ4n) is 2.46. The van der Waals surface area contributed by atoms with Gasteiger partial charge in [-0.25, -0.2) is 9.78 Å². The first-order chi connectivity index (χ1) is 12.4. The number of benzene rings is 2. The van der Waals surface area contributed by atoms with Crippen molar-refractivity contribution >= 4 is 40.1 Å². The van der Waals surface area contributed by atoms with Crippen molar-refractivity contribution in [2.75, 3.05) is 11.9 Å². The molecule has 132 valence electrons. The van der Waals surface area contributed by atoms with Gasteiger partial charge >= 0.3 is 5.97 Å². The van der Waals surface area contributed by atoms with Crippen LogP contribution >= 0.6 is 11.6 Å². The monoisotopic (exact) mass is 368 g/mol. The summed E-state index contributed by atoms with van der Waals surface area (Å²) in [5.74, 6) is -0.965. The predicted octanol–water partition coefficient (Wildman–Crippen LogP) is 4.30. The lowest BCUT2D eigenvalue weighted by atomic mass is 10.1. The average Bonchev–Trinajstić information content (AvgIpc) is 2.62. The van der Waals surface area contributed by atoms with Crippen LogP contribution in [0.15, 0.2) is 48.5 Å². The number of nitrogens with one attached hydrogen (secondary N) is 1. The highest BCUT2D eigenvalue weighted by Gasteiger charge is 2.12. The lowest BCUT2D eigenvalue weighted by molar-refractivity contribution is -0.119. The van der Waals surface area contributed by atoms with E-state index in [4.69, 9.17) is 16.3 Å². The number of pyridine rings is 1. The third kappa shape index (κ3) is 4.18. The molecule has 1 heterocycles. The normalized spacial score (nSPS) is 10.6. The molecular formula is C20H17ClN2O3. The quantitative estimate of drug-likeness (QED) is 0.550. The van der Waals surface area contributed by atoms with Crippen LogP contribution in [0.1, 0.15) is 21.5 Å². The first-order valence-corrected chi connectivity index (χ1v) is 8.41. The molecule has 6 heteroatoms. The molecule has 0 unspecified atom stereocenters. The van der Waals surface area contributed by atoms with E-state index in [1.165, 1.54) is 0 Å². The molecule has 0 fully saturated rings. The maximum Gasteiger partial charge on any atom is 0.338 e. The number of hydrogen-bond donors (Lipinski definition) is 1. The highest BCUT2D eigenvalue weighted by molar-refractivity contribution is 6.29. The Balaban J connectivity index is 1.61. The number of carbonyl (C=O) groups excluding carboxylic acids is 2. The molecular weight excluding hydrogens is 352 g/mol. The molecule has 0 aliphatic carbocycles. The minimum atomic E-state index is -0.572. The molecule has 0 aliphatic rings. The number of halogens is 1. The third-order valence-corrected chi connectivity index (χ3v) is 4.23. The van der Waals surface area contributed by atoms with Gasteiger partial charge in [0.2, 0.25) is 0 Å². The number of nitrogens with zero attached hydrogens (tertiary/aromatic N) is 1. The number of hydrogen-bond acceptors (Lipinski definition) is 4. The zero-order chi connectivity index (χ0) is 18.7. The Hall–Kier alpha value is -2.92. The van der Waals surface area contributed by atoms with Gasteiger partial charge in [-0.1, -0.05) is 17.7 Å². The number of aromatic nitrogens is 1. The first kappa shape index (κ1) is 17.9. The van der Waals surface area contributed by atoms with Crippen LogP contribution < -0.4 is 5.32 Å². The van der Waals surface area contributed by atoms with Gasteiger partial charge in [-0.3, -0.25) is 4.79 Å². The van der Waals surface area contributed by atoms with E-state index in [0.29, 0.717) is 21.9 Å². The summed E-state index contributed by atoms with van der Waals surface area (Å²) in [7, 11) is 0. The number of ether oxygens (including phenoxy) is 1. The predicted molar refractivity (Wildman–Crippen MR) is 102 cm³/mol. The van der Waals surface area contributed by atoms with Crippen molar-refractivity contribution in [2.24, 2.45) is 0 Å². The van der Waals surface area contributed by atoms with E-state index >= 15 is 0 Å². The molecule has 0 radical (unpaired) electrons. The van der Waals surface area contributed by atoms with Crippen LogP contribution in [0.25, 0.3) is 10.9 Å². The van der Waals surface area contributed by atoms with E-state index < -0.39 is 11.9 Å². The minimum absolute atomic E-state index is 0.348. The second-order valence-corrected chi connectivity index (χ2v) is 6.35. The van der Waals surface area contributed by atoms with Gasteiger partial charge in [0.25, 0.3) is 5.91 Å². The average molecular weight is 369 g/mol. The van der Waals surface area contributed by atoms with E-state index in [1.807, 2.05) is 32.0 Å². The van der Waals surface area contributed by atoms with Gasteiger partial charge in [-0.05, 0) is 67.4 Å². The Morgan fingerprint density at radius 3 is 2.62 bits per heavy atom. The molecule has 0 atom stereocenters. The van der Waals surface area contributed by atoms with Crippen LogP contribution in [0.3, 0.4) is 0 Å². The summed E-state index contributed by atoms with van der Waals surface area (Å²) in [6.07, 6.45) is 0. The zero-order valence-corrected chi connectivity index (χ0v) is 15.1. The largest absolute Gasteiger partial charge is 0.452 e. The van der Waals surface area contributed by atoms with Crippen molar-refractivity contribution in [1.82, 2.24) is 4.98 Å². The zero-order valence-electron chi connectivity index (χ0n) is 14.4. The van der Waals surface area contributed by atoms with Crippen molar-refractivity contribution < 1.29 is 14.3 Å². The Kier molecular flexibility index (Phi) is 5.19. The molecule has 2 aromatic carbocycles. The van der Waals surface area contributed by atoms with Gasteiger partial charge in [0, 0.05) is 11.1 Å². The molecule has 0 saturated carbocycles. The van der Waals surface area contributed by atoms with E-state index in [2.05, 4.69) is 10.3 Å². The molecule has 0 saturated heterocycles. The molecule has 0 aliphatic heterocycles. The molecule has 1 N–H and O–H groups in total. The van der Waals surface area contributed by atoms with Gasteiger partial charge in [0.15, 0.2) is 6.61 Å². The topological polar surface area (TPSA) is 68.3 Å². The van der Waals surface area contributed by atoms with Gasteiger partial charge in [-0.15, -0.1) is 0 Å². The minimum Gasteiger partial charge on any atom is -0.452 e. The smallest absolute Gasteiger partial charge is 0.338 e. The number of anilines is 1. The van der Waals surface area contributed by atoms with Gasteiger partial charge in [0.05, 0.1) is 11.1 Å². The molecule has 1 aromatic heterocycles. The fourth-order valence-corrected chi connectivity index (χ4v) is 2.61. The van der Waals surface area contributed by atoms with E-state index in [1.54, 1.807) is 30.3 Å². The lowest BCUT2D eigenvalue weighted by Crippen LogP contribution is -2.21. The highest BCUT2D eigenvalue weighted by atomic mass is 35.5. The van der Waals surface area contributed by atoms with Crippen LogP contribution in [0, 0.1) is 13.8 Å². The van der Waals surface area contributed by atoms with Gasteiger partial charge in [-0.2, -0.15) is 0 Å². The summed E-state index contributed by atoms with van der Waals surface area (Å²) in [4.78, 5) is 28.3. The Labute approximate surface area is 156 Å². The SMILES string of the molecule is Cc1ccc(NC(=O)COC(=O)c2ccc3nc(Cl)ccc3c2)cc1C. The molecule has 5 nitrogen and oxygen atoms in total. The van der Waals surface area contributed by atoms with E-state index in [0.717, 1.165) is 16.5 Å². The molecule has 0 spiro atoms. The van der Waals surface area contributed by atoms with Crippen LogP contribution in [0.4, 0.5) is 5.69 Å². The van der Waals surface area contributed by atoms with Crippen LogP contribution in [0.2, 0.25) is 5.15 Å². The highest BCUT2D eigenvalue weighted by Crippen LogP contribution is 2.18. The van der Waals surface area contributed by atoms with E-state index in [9.17, 15) is 9.59 Å². The Morgan fingerprint density at radius 1 is 1.04 bits per heavy atom. The second-order valence-electron chi connectivity index (χ2n) is 5.96. The van der Waals surface area contributed by atoms with Crippen LogP contribution in [0.5, 0.6) is 0 Å². The second kappa shape index (κ2) is 7.54. The maximum absolute atomic E-state index is 12.2. The summed E-state index contributed by atoms with van der Waals surface area (Å²) >= 11 is 5.84. The summed E-state index contributed by atoms with van der Waals surface area (Å²) in [6.45, 7) is 3.60. The summed E-state index contributed by atoms with van der Waals surface area (Å²) in [5.41, 5.74) is 3.91. The summed E-state index contributed by atoms with van der Waals surface area (Å²) < 4.78 is 5.09. The maximum atomic E-state index is 12.2. The standard InChI is InChI=1S/C20H17ClN2O3/c1-12-3-6-16(9-13(12)2)22-19(24)11-26-20(25)15-4-7-17-14(10-15)5-8-18(21)23-17/h3-10H,11H2,1-2H3,(H,22,24). The molecule has 1 amide bonds. The number of rotatable bonds is 4. The van der Waals surface area contributed by atoms with Crippen molar-refractivity contribution in [2.45, 2.75) is 13.8 Å². The molecule has 0 bridgehead atoms. The van der Waals surface area contributed by atoms with Crippen molar-refractivity contribution in [1.29, 1.82) is 0 Å². The summed E-state index contributed by atoms with van der Waals surface area (Å²) in [6, 6.07) is 14.0. The lowest BCUT2D eigenvalue weighted by Gasteiger charge is -2.09. The molecule has 3 rings (SSSR count). The molecule has 3 aromatic rings. The number of amides is 1. The number of aryl methyl sites for hydroxylation is 2. The van der Waals surface area contributed by atoms with Crippen molar-refractivity contribution in [3.8, 4) is 0 Å². The summed E-state index contributed by atoms with van der Waals surface area (Å²) in [5, 5.41) is 3.86. The number of esters is 1. The van der Waals surface area contributed by atoms with Crippen molar-refractivity contribution in [3.63, 3.8) is 0 Å². The van der Waals surface area contributed by atoms with Crippen LogP contribution in [-0.2, 0) is 9.53 Å². The third-order valence-electron chi connectivity index (χ3n) is 4.02. The first-order valence-electron chi connectivity index (χ1n) is 8.03. The fraction of sp³-hybridized carbons (Fsp3) is 0.150. The Morgan fingerprint density at radius 2 is 1.85 bits per heavy atom. The van der Waals surface area contributed by atoms with Crippen LogP contribution in [-0.4, -0.2) is 23.5 Å². The molecule has 26 heavy (non-hydrogen) atoms.